The third-order valence-corrected chi connectivity index (χ3v) is 4.14. The van der Waals surface area contributed by atoms with Gasteiger partial charge in [0.15, 0.2) is 0 Å². The maximum absolute atomic E-state index is 11.5. The molecule has 0 aromatic heterocycles. The first-order valence-electron chi connectivity index (χ1n) is 6.36. The van der Waals surface area contributed by atoms with Crippen LogP contribution in [-0.4, -0.2) is 62.1 Å². The third-order valence-electron chi connectivity index (χ3n) is 4.14. The molecule has 100 valence electrons. The van der Waals surface area contributed by atoms with Gasteiger partial charge >= 0.3 is 5.97 Å². The molecule has 4 unspecified atom stereocenters. The summed E-state index contributed by atoms with van der Waals surface area (Å²) in [6.07, 6.45) is 0. The molecular weight excluding hydrogens is 216 g/mol. The highest BCUT2D eigenvalue weighted by Gasteiger charge is 2.36. The molecule has 1 fully saturated rings. The Kier molecular flexibility index (Phi) is 4.95. The second-order valence-corrected chi connectivity index (χ2v) is 5.51. The predicted octanol–water partition coefficient (Wildman–Crippen LogP) is 1.07. The van der Waals surface area contributed by atoms with Crippen molar-refractivity contribution >= 4 is 5.97 Å². The lowest BCUT2D eigenvalue weighted by Crippen LogP contribution is -2.41. The monoisotopic (exact) mass is 242 g/mol. The van der Waals surface area contributed by atoms with Crippen molar-refractivity contribution in [2.45, 2.75) is 32.9 Å². The Morgan fingerprint density at radius 1 is 1.35 bits per heavy atom. The number of carbonyl (C=O) groups excluding carboxylic acids is 1. The van der Waals surface area contributed by atoms with E-state index < -0.39 is 0 Å². The van der Waals surface area contributed by atoms with Crippen LogP contribution in [0, 0.1) is 11.8 Å². The minimum Gasteiger partial charge on any atom is -0.469 e. The van der Waals surface area contributed by atoms with Crippen LogP contribution in [0.25, 0.3) is 0 Å². The Bertz CT molecular complexity index is 268. The van der Waals surface area contributed by atoms with Crippen LogP contribution in [0.15, 0.2) is 0 Å². The molecule has 1 aliphatic heterocycles. The van der Waals surface area contributed by atoms with Crippen molar-refractivity contribution < 1.29 is 9.53 Å². The number of esters is 1. The summed E-state index contributed by atoms with van der Waals surface area (Å²) in [7, 11) is 5.71. The zero-order chi connectivity index (χ0) is 13.2. The first-order chi connectivity index (χ1) is 7.88. The summed E-state index contributed by atoms with van der Waals surface area (Å²) in [4.78, 5) is 16.2. The van der Waals surface area contributed by atoms with Crippen molar-refractivity contribution in [3.63, 3.8) is 0 Å². The van der Waals surface area contributed by atoms with Gasteiger partial charge in [0.25, 0.3) is 0 Å². The molecule has 0 saturated carbocycles. The van der Waals surface area contributed by atoms with Gasteiger partial charge in [0.2, 0.25) is 0 Å². The topological polar surface area (TPSA) is 32.8 Å². The van der Waals surface area contributed by atoms with Gasteiger partial charge in [-0.2, -0.15) is 0 Å². The van der Waals surface area contributed by atoms with Crippen LogP contribution in [0.2, 0.25) is 0 Å². The molecule has 1 rings (SSSR count). The lowest BCUT2D eigenvalue weighted by molar-refractivity contribution is -0.146. The average Bonchev–Trinajstić information content (AvgIpc) is 2.68. The molecule has 1 saturated heterocycles. The van der Waals surface area contributed by atoms with Gasteiger partial charge in [-0.05, 0) is 26.9 Å². The fraction of sp³-hybridized carbons (Fsp3) is 0.923. The fourth-order valence-corrected chi connectivity index (χ4v) is 2.69. The predicted molar refractivity (Wildman–Crippen MR) is 68.9 cm³/mol. The van der Waals surface area contributed by atoms with Gasteiger partial charge in [-0.15, -0.1) is 0 Å². The van der Waals surface area contributed by atoms with E-state index in [1.165, 1.54) is 7.11 Å². The second-order valence-electron chi connectivity index (χ2n) is 5.51. The van der Waals surface area contributed by atoms with Gasteiger partial charge in [-0.3, -0.25) is 9.69 Å². The van der Waals surface area contributed by atoms with E-state index in [2.05, 4.69) is 37.7 Å². The number of nitrogens with zero attached hydrogens (tertiary/aromatic N) is 2. The SMILES string of the molecule is COC(=O)C(C)C(C)N1CC(C)C(N(C)C)C1. The zero-order valence-corrected chi connectivity index (χ0v) is 11.9. The Balaban J connectivity index is 2.61. The van der Waals surface area contributed by atoms with E-state index in [9.17, 15) is 4.79 Å². The van der Waals surface area contributed by atoms with E-state index in [4.69, 9.17) is 4.74 Å². The van der Waals surface area contributed by atoms with Crippen molar-refractivity contribution in [2.24, 2.45) is 11.8 Å². The molecule has 17 heavy (non-hydrogen) atoms. The van der Waals surface area contributed by atoms with E-state index >= 15 is 0 Å². The first-order valence-corrected chi connectivity index (χ1v) is 6.36. The van der Waals surface area contributed by atoms with Crippen LogP contribution in [0.3, 0.4) is 0 Å². The molecule has 0 aliphatic carbocycles. The molecule has 4 nitrogen and oxygen atoms in total. The Morgan fingerprint density at radius 2 is 1.94 bits per heavy atom. The summed E-state index contributed by atoms with van der Waals surface area (Å²) in [5, 5.41) is 0. The number of likely N-dealkylation sites (N-methyl/N-ethyl adjacent to an activating group) is 1. The molecule has 0 radical (unpaired) electrons. The van der Waals surface area contributed by atoms with E-state index in [1.54, 1.807) is 0 Å². The number of hydrogen-bond donors (Lipinski definition) is 0. The van der Waals surface area contributed by atoms with Crippen molar-refractivity contribution in [1.29, 1.82) is 0 Å². The molecule has 0 bridgehead atoms. The van der Waals surface area contributed by atoms with Crippen LogP contribution in [0.5, 0.6) is 0 Å². The molecule has 0 aromatic rings. The lowest BCUT2D eigenvalue weighted by Gasteiger charge is -2.28. The molecule has 0 aromatic carbocycles. The van der Waals surface area contributed by atoms with E-state index in [0.717, 1.165) is 13.1 Å². The number of methoxy groups -OCH3 is 1. The maximum atomic E-state index is 11.5. The number of ether oxygens (including phenoxy) is 1. The Hall–Kier alpha value is -0.610. The van der Waals surface area contributed by atoms with E-state index in [1.807, 2.05) is 6.92 Å². The summed E-state index contributed by atoms with van der Waals surface area (Å²) in [5.41, 5.74) is 0. The highest BCUT2D eigenvalue weighted by Crippen LogP contribution is 2.24. The Morgan fingerprint density at radius 3 is 2.35 bits per heavy atom. The summed E-state index contributed by atoms with van der Waals surface area (Å²) in [6, 6.07) is 0.831. The molecule has 0 amide bonds. The quantitative estimate of drug-likeness (QED) is 0.690. The molecule has 0 N–H and O–H groups in total. The van der Waals surface area contributed by atoms with E-state index in [-0.39, 0.29) is 17.9 Å². The number of hydrogen-bond acceptors (Lipinski definition) is 4. The van der Waals surface area contributed by atoms with Crippen LogP contribution < -0.4 is 0 Å². The largest absolute Gasteiger partial charge is 0.469 e. The number of rotatable bonds is 4. The molecule has 1 aliphatic rings. The van der Waals surface area contributed by atoms with Gasteiger partial charge < -0.3 is 9.64 Å². The maximum Gasteiger partial charge on any atom is 0.309 e. The highest BCUT2D eigenvalue weighted by atomic mass is 16.5. The number of likely N-dealkylation sites (tertiary alicyclic amines) is 1. The van der Waals surface area contributed by atoms with Crippen molar-refractivity contribution in [3.8, 4) is 0 Å². The summed E-state index contributed by atoms with van der Waals surface area (Å²) in [5.74, 6) is 0.476. The fourth-order valence-electron chi connectivity index (χ4n) is 2.69. The molecule has 1 heterocycles. The molecule has 4 heteroatoms. The van der Waals surface area contributed by atoms with Crippen LogP contribution in [0.1, 0.15) is 20.8 Å². The van der Waals surface area contributed by atoms with E-state index in [0.29, 0.717) is 12.0 Å². The van der Waals surface area contributed by atoms with Crippen molar-refractivity contribution in [1.82, 2.24) is 9.80 Å². The van der Waals surface area contributed by atoms with Crippen molar-refractivity contribution in [3.05, 3.63) is 0 Å². The van der Waals surface area contributed by atoms with Gasteiger partial charge in [-0.25, -0.2) is 0 Å². The van der Waals surface area contributed by atoms with Gasteiger partial charge in [0.05, 0.1) is 13.0 Å². The third kappa shape index (κ3) is 3.19. The Labute approximate surface area is 105 Å². The minimum atomic E-state index is -0.113. The average molecular weight is 242 g/mol. The highest BCUT2D eigenvalue weighted by molar-refractivity contribution is 5.72. The van der Waals surface area contributed by atoms with Gasteiger partial charge in [0, 0.05) is 25.2 Å². The lowest BCUT2D eigenvalue weighted by atomic mass is 10.0. The smallest absolute Gasteiger partial charge is 0.309 e. The van der Waals surface area contributed by atoms with Gasteiger partial charge in [0.1, 0.15) is 0 Å². The molecular formula is C13H26N2O2. The normalized spacial score (nSPS) is 29.4. The van der Waals surface area contributed by atoms with Crippen LogP contribution >= 0.6 is 0 Å². The zero-order valence-electron chi connectivity index (χ0n) is 11.9. The van der Waals surface area contributed by atoms with Crippen LogP contribution in [-0.2, 0) is 9.53 Å². The molecule has 4 atom stereocenters. The summed E-state index contributed by atoms with van der Waals surface area (Å²) in [6.45, 7) is 8.44. The first kappa shape index (κ1) is 14.5. The van der Waals surface area contributed by atoms with Crippen molar-refractivity contribution in [2.75, 3.05) is 34.3 Å². The second kappa shape index (κ2) is 5.83. The summed E-state index contributed by atoms with van der Waals surface area (Å²) >= 11 is 0. The minimum absolute atomic E-state index is 0.0619. The standard InChI is InChI=1S/C13H26N2O2/c1-9-7-15(8-12(9)14(4)5)11(3)10(2)13(16)17-6/h9-12H,7-8H2,1-6H3. The molecule has 0 spiro atoms. The van der Waals surface area contributed by atoms with Crippen LogP contribution in [0.4, 0.5) is 0 Å². The summed E-state index contributed by atoms with van der Waals surface area (Å²) < 4.78 is 4.82. The van der Waals surface area contributed by atoms with Gasteiger partial charge in [-0.1, -0.05) is 13.8 Å². The number of carbonyl (C=O) groups is 1.